The maximum atomic E-state index is 5.33. The van der Waals surface area contributed by atoms with Crippen molar-refractivity contribution < 1.29 is 4.74 Å². The third-order valence-corrected chi connectivity index (χ3v) is 3.68. The Kier molecular flexibility index (Phi) is 6.97. The summed E-state index contributed by atoms with van der Waals surface area (Å²) in [5.41, 5.74) is 3.99. The first-order valence-corrected chi connectivity index (χ1v) is 8.11. The van der Waals surface area contributed by atoms with Crippen molar-refractivity contribution in [1.82, 2.24) is 10.6 Å². The molecule has 2 N–H and O–H groups in total. The molecule has 1 aromatic rings. The average Bonchev–Trinajstić information content (AvgIpc) is 2.55. The lowest BCUT2D eigenvalue weighted by Gasteiger charge is -2.15. The highest BCUT2D eigenvalue weighted by molar-refractivity contribution is 5.79. The minimum atomic E-state index is 0.701. The quantitative estimate of drug-likeness (QED) is 0.482. The van der Waals surface area contributed by atoms with Crippen molar-refractivity contribution in [3.63, 3.8) is 0 Å². The van der Waals surface area contributed by atoms with Crippen molar-refractivity contribution in [2.24, 2.45) is 4.99 Å². The van der Waals surface area contributed by atoms with Crippen LogP contribution in [0.4, 0.5) is 0 Å². The predicted octanol–water partition coefficient (Wildman–Crippen LogP) is 2.79. The topological polar surface area (TPSA) is 45.7 Å². The second-order valence-corrected chi connectivity index (χ2v) is 5.54. The molecule has 0 saturated heterocycles. The van der Waals surface area contributed by atoms with E-state index in [9.17, 15) is 0 Å². The van der Waals surface area contributed by atoms with Crippen molar-refractivity contribution in [2.75, 3.05) is 26.3 Å². The zero-order chi connectivity index (χ0) is 15.6. The van der Waals surface area contributed by atoms with Gasteiger partial charge in [0.25, 0.3) is 0 Å². The molecule has 0 amide bonds. The molecule has 0 unspecified atom stereocenters. The van der Waals surface area contributed by atoms with Crippen LogP contribution in [0.2, 0.25) is 0 Å². The van der Waals surface area contributed by atoms with Gasteiger partial charge in [0.2, 0.25) is 0 Å². The summed E-state index contributed by atoms with van der Waals surface area (Å²) in [5.74, 6) is 0.885. The Hall–Kier alpha value is -1.81. The summed E-state index contributed by atoms with van der Waals surface area (Å²) in [7, 11) is 0. The predicted molar refractivity (Wildman–Crippen MR) is 92.1 cm³/mol. The summed E-state index contributed by atoms with van der Waals surface area (Å²) in [4.78, 5) is 4.65. The molecule has 1 heterocycles. The third-order valence-electron chi connectivity index (χ3n) is 3.68. The van der Waals surface area contributed by atoms with Gasteiger partial charge in [0.05, 0.1) is 19.8 Å². The van der Waals surface area contributed by atoms with Crippen LogP contribution >= 0.6 is 0 Å². The highest BCUT2D eigenvalue weighted by atomic mass is 16.5. The largest absolute Gasteiger partial charge is 0.377 e. The maximum Gasteiger partial charge on any atom is 0.191 e. The van der Waals surface area contributed by atoms with Crippen LogP contribution in [0.15, 0.2) is 40.9 Å². The van der Waals surface area contributed by atoms with Gasteiger partial charge in [-0.3, -0.25) is 0 Å². The zero-order valence-corrected chi connectivity index (χ0v) is 13.7. The normalized spacial score (nSPS) is 15.4. The Bertz CT molecular complexity index is 506. The zero-order valence-electron chi connectivity index (χ0n) is 13.7. The van der Waals surface area contributed by atoms with E-state index in [0.717, 1.165) is 45.1 Å². The van der Waals surface area contributed by atoms with Gasteiger partial charge in [0.1, 0.15) is 0 Å². The number of guanidine groups is 1. The highest BCUT2D eigenvalue weighted by Crippen LogP contribution is 2.10. The van der Waals surface area contributed by atoms with Crippen molar-refractivity contribution >= 4 is 5.96 Å². The second-order valence-electron chi connectivity index (χ2n) is 5.54. The first-order valence-electron chi connectivity index (χ1n) is 8.11. The summed E-state index contributed by atoms with van der Waals surface area (Å²) < 4.78 is 5.33. The molecule has 0 radical (unpaired) electrons. The van der Waals surface area contributed by atoms with Gasteiger partial charge in [0, 0.05) is 13.1 Å². The number of rotatable bonds is 6. The van der Waals surface area contributed by atoms with E-state index in [0.29, 0.717) is 6.54 Å². The van der Waals surface area contributed by atoms with Crippen LogP contribution in [0, 0.1) is 6.92 Å². The molecule has 4 heteroatoms. The molecular weight excluding hydrogens is 274 g/mol. The molecule has 1 aromatic carbocycles. The molecule has 0 aliphatic carbocycles. The Morgan fingerprint density at radius 2 is 2.05 bits per heavy atom. The van der Waals surface area contributed by atoms with Crippen LogP contribution in [0.25, 0.3) is 0 Å². The molecule has 120 valence electrons. The maximum absolute atomic E-state index is 5.33. The fourth-order valence-corrected chi connectivity index (χ4v) is 2.34. The number of ether oxygens (including phenoxy) is 1. The molecule has 22 heavy (non-hydrogen) atoms. The van der Waals surface area contributed by atoms with Crippen LogP contribution in [-0.4, -0.2) is 32.3 Å². The summed E-state index contributed by atoms with van der Waals surface area (Å²) in [6, 6.07) is 8.52. The van der Waals surface area contributed by atoms with E-state index in [-0.39, 0.29) is 0 Å². The highest BCUT2D eigenvalue weighted by Gasteiger charge is 2.04. The average molecular weight is 301 g/mol. The van der Waals surface area contributed by atoms with Gasteiger partial charge in [-0.25, -0.2) is 4.99 Å². The monoisotopic (exact) mass is 301 g/mol. The Morgan fingerprint density at radius 3 is 2.73 bits per heavy atom. The van der Waals surface area contributed by atoms with E-state index in [4.69, 9.17) is 4.74 Å². The van der Waals surface area contributed by atoms with Crippen LogP contribution < -0.4 is 10.6 Å². The SMILES string of the molecule is CCNC(=NCc1ccc(C)cc1)NCCC1=CCOCC1. The van der Waals surface area contributed by atoms with Crippen molar-refractivity contribution in [1.29, 1.82) is 0 Å². The van der Waals surface area contributed by atoms with Gasteiger partial charge < -0.3 is 15.4 Å². The molecule has 1 aliphatic rings. The number of nitrogens with one attached hydrogen (secondary N) is 2. The van der Waals surface area contributed by atoms with E-state index in [2.05, 4.69) is 59.8 Å². The minimum Gasteiger partial charge on any atom is -0.377 e. The molecular formula is C18H27N3O. The molecule has 0 bridgehead atoms. The smallest absolute Gasteiger partial charge is 0.191 e. The van der Waals surface area contributed by atoms with E-state index in [1.165, 1.54) is 16.7 Å². The van der Waals surface area contributed by atoms with Gasteiger partial charge >= 0.3 is 0 Å². The van der Waals surface area contributed by atoms with Crippen molar-refractivity contribution in [2.45, 2.75) is 33.2 Å². The molecule has 4 nitrogen and oxygen atoms in total. The third kappa shape index (κ3) is 5.90. The Morgan fingerprint density at radius 1 is 1.23 bits per heavy atom. The van der Waals surface area contributed by atoms with Crippen LogP contribution in [0.1, 0.15) is 30.9 Å². The van der Waals surface area contributed by atoms with Crippen LogP contribution in [-0.2, 0) is 11.3 Å². The van der Waals surface area contributed by atoms with E-state index < -0.39 is 0 Å². The lowest BCUT2D eigenvalue weighted by Crippen LogP contribution is -2.38. The van der Waals surface area contributed by atoms with Gasteiger partial charge in [0.15, 0.2) is 5.96 Å². The molecule has 0 atom stereocenters. The minimum absolute atomic E-state index is 0.701. The first kappa shape index (κ1) is 16.6. The van der Waals surface area contributed by atoms with Gasteiger partial charge in [-0.1, -0.05) is 41.5 Å². The first-order chi connectivity index (χ1) is 10.8. The Labute approximate surface area is 133 Å². The number of nitrogens with zero attached hydrogens (tertiary/aromatic N) is 1. The van der Waals surface area contributed by atoms with Crippen LogP contribution in [0.5, 0.6) is 0 Å². The molecule has 2 rings (SSSR count). The van der Waals surface area contributed by atoms with Crippen LogP contribution in [0.3, 0.4) is 0 Å². The lowest BCUT2D eigenvalue weighted by molar-refractivity contribution is 0.153. The van der Waals surface area contributed by atoms with E-state index in [1.54, 1.807) is 0 Å². The number of benzene rings is 1. The van der Waals surface area contributed by atoms with Gasteiger partial charge in [-0.15, -0.1) is 0 Å². The van der Waals surface area contributed by atoms with Gasteiger partial charge in [-0.2, -0.15) is 0 Å². The molecule has 1 aliphatic heterocycles. The summed E-state index contributed by atoms with van der Waals surface area (Å²) in [6.07, 6.45) is 4.30. The number of aryl methyl sites for hydroxylation is 1. The van der Waals surface area contributed by atoms with Crippen molar-refractivity contribution in [3.05, 3.63) is 47.0 Å². The van der Waals surface area contributed by atoms with E-state index >= 15 is 0 Å². The fraction of sp³-hybridized carbons (Fsp3) is 0.500. The summed E-state index contributed by atoms with van der Waals surface area (Å²) >= 11 is 0. The molecule has 0 spiro atoms. The Balaban J connectivity index is 1.81. The second kappa shape index (κ2) is 9.26. The summed E-state index contributed by atoms with van der Waals surface area (Å²) in [6.45, 7) is 8.28. The molecule has 0 fully saturated rings. The lowest BCUT2D eigenvalue weighted by atomic mass is 10.1. The molecule has 0 aromatic heterocycles. The number of hydrogen-bond donors (Lipinski definition) is 2. The van der Waals surface area contributed by atoms with Crippen molar-refractivity contribution in [3.8, 4) is 0 Å². The number of aliphatic imine (C=N–C) groups is 1. The fourth-order valence-electron chi connectivity index (χ4n) is 2.34. The standard InChI is InChI=1S/C18H27N3O/c1-3-19-18(20-11-8-16-9-12-22-13-10-16)21-14-17-6-4-15(2)5-7-17/h4-7,9H,3,8,10-14H2,1-2H3,(H2,19,20,21). The van der Waals surface area contributed by atoms with Gasteiger partial charge in [-0.05, 0) is 32.3 Å². The van der Waals surface area contributed by atoms with E-state index in [1.807, 2.05) is 0 Å². The molecule has 0 saturated carbocycles. The summed E-state index contributed by atoms with van der Waals surface area (Å²) in [5, 5.41) is 6.70. The number of hydrogen-bond acceptors (Lipinski definition) is 2.